The number of ether oxygens (including phenoxy) is 1. The minimum absolute atomic E-state index is 0.0650. The van der Waals surface area contributed by atoms with Gasteiger partial charge in [-0.25, -0.2) is 0 Å². The van der Waals surface area contributed by atoms with Crippen molar-refractivity contribution in [3.63, 3.8) is 0 Å². The third-order valence-corrected chi connectivity index (χ3v) is 2.77. The van der Waals surface area contributed by atoms with Gasteiger partial charge in [0.15, 0.2) is 5.76 Å². The number of carbonyl (C=O) groups excluding carboxylic acids is 1. The zero-order valence-corrected chi connectivity index (χ0v) is 8.92. The molecule has 82 valence electrons. The summed E-state index contributed by atoms with van der Waals surface area (Å²) in [5.41, 5.74) is 5.24. The fourth-order valence-electron chi connectivity index (χ4n) is 1.64. The number of halogens is 1. The number of rotatable bonds is 3. The average molecular weight is 230 g/mol. The lowest BCUT2D eigenvalue weighted by atomic mass is 10.1. The Labute approximate surface area is 92.3 Å². The van der Waals surface area contributed by atoms with Gasteiger partial charge in [-0.1, -0.05) is 11.6 Å². The van der Waals surface area contributed by atoms with Gasteiger partial charge in [-0.3, -0.25) is 4.79 Å². The molecule has 15 heavy (non-hydrogen) atoms. The molecule has 1 fully saturated rings. The topological polar surface area (TPSA) is 65.5 Å². The summed E-state index contributed by atoms with van der Waals surface area (Å²) in [5, 5.41) is 0.488. The molecule has 1 aromatic heterocycles. The quantitative estimate of drug-likeness (QED) is 0.800. The Hall–Kier alpha value is -0.840. The molecule has 0 radical (unpaired) electrons. The number of hydrogen-bond acceptors (Lipinski definition) is 4. The summed E-state index contributed by atoms with van der Waals surface area (Å²) in [4.78, 5) is 11.3. The zero-order chi connectivity index (χ0) is 10.8. The van der Waals surface area contributed by atoms with E-state index in [4.69, 9.17) is 26.5 Å². The molecule has 4 nitrogen and oxygen atoms in total. The van der Waals surface area contributed by atoms with Gasteiger partial charge in [-0.15, -0.1) is 0 Å². The van der Waals surface area contributed by atoms with Gasteiger partial charge in [-0.05, 0) is 6.42 Å². The van der Waals surface area contributed by atoms with E-state index in [0.717, 1.165) is 6.42 Å². The minimum Gasteiger partial charge on any atom is -0.456 e. The molecule has 0 amide bonds. The molecule has 5 heteroatoms. The summed E-state index contributed by atoms with van der Waals surface area (Å²) in [6, 6.07) is 1.53. The van der Waals surface area contributed by atoms with Crippen molar-refractivity contribution in [1.82, 2.24) is 0 Å². The van der Waals surface area contributed by atoms with Gasteiger partial charge >= 0.3 is 0 Å². The van der Waals surface area contributed by atoms with Gasteiger partial charge in [0.25, 0.3) is 0 Å². The Morgan fingerprint density at radius 1 is 1.67 bits per heavy atom. The molecule has 1 saturated heterocycles. The third-order valence-electron chi connectivity index (χ3n) is 2.47. The van der Waals surface area contributed by atoms with Crippen LogP contribution < -0.4 is 5.73 Å². The van der Waals surface area contributed by atoms with Crippen LogP contribution in [0.5, 0.6) is 0 Å². The van der Waals surface area contributed by atoms with Gasteiger partial charge in [0.1, 0.15) is 5.76 Å². The van der Waals surface area contributed by atoms with E-state index in [9.17, 15) is 4.79 Å². The second-order valence-electron chi connectivity index (χ2n) is 3.51. The molecule has 1 atom stereocenters. The van der Waals surface area contributed by atoms with Crippen LogP contribution in [0.4, 0.5) is 0 Å². The van der Waals surface area contributed by atoms with Gasteiger partial charge in [0.2, 0.25) is 5.78 Å². The van der Waals surface area contributed by atoms with E-state index in [-0.39, 0.29) is 24.0 Å². The number of nitrogens with two attached hydrogens (primary N) is 1. The van der Waals surface area contributed by atoms with E-state index in [1.54, 1.807) is 0 Å². The van der Waals surface area contributed by atoms with Crippen molar-refractivity contribution in [2.75, 3.05) is 19.8 Å². The average Bonchev–Trinajstić information content (AvgIpc) is 2.84. The Morgan fingerprint density at radius 2 is 2.47 bits per heavy atom. The Balaban J connectivity index is 2.24. The van der Waals surface area contributed by atoms with Gasteiger partial charge in [-0.2, -0.15) is 0 Å². The van der Waals surface area contributed by atoms with Gasteiger partial charge < -0.3 is 14.9 Å². The summed E-state index contributed by atoms with van der Waals surface area (Å²) in [5.74, 6) is 0.814. The van der Waals surface area contributed by atoms with Crippen molar-refractivity contribution in [1.29, 1.82) is 0 Å². The highest BCUT2D eigenvalue weighted by Gasteiger charge is 2.25. The van der Waals surface area contributed by atoms with Gasteiger partial charge in [0, 0.05) is 18.6 Å². The van der Waals surface area contributed by atoms with E-state index in [0.29, 0.717) is 24.0 Å². The minimum atomic E-state index is -0.234. The van der Waals surface area contributed by atoms with E-state index in [2.05, 4.69) is 0 Å². The van der Waals surface area contributed by atoms with Crippen molar-refractivity contribution in [2.24, 2.45) is 5.73 Å². The van der Waals surface area contributed by atoms with E-state index < -0.39 is 0 Å². The van der Waals surface area contributed by atoms with Crippen molar-refractivity contribution in [3.8, 4) is 0 Å². The molecular formula is C10H12ClNO3. The third kappa shape index (κ3) is 2.07. The smallest absolute Gasteiger partial charge is 0.211 e. The lowest BCUT2D eigenvalue weighted by Crippen LogP contribution is -2.12. The number of ketones is 1. The van der Waals surface area contributed by atoms with Gasteiger partial charge in [0.05, 0.1) is 18.2 Å². The molecule has 0 aliphatic carbocycles. The second-order valence-corrected chi connectivity index (χ2v) is 3.92. The maximum Gasteiger partial charge on any atom is 0.211 e. The molecule has 1 aliphatic heterocycles. The molecule has 0 aromatic carbocycles. The van der Waals surface area contributed by atoms with Crippen LogP contribution in [0.25, 0.3) is 0 Å². The highest BCUT2D eigenvalue weighted by atomic mass is 35.5. The molecule has 1 aromatic rings. The predicted octanol–water partition coefficient (Wildman–Crippen LogP) is 1.58. The first-order valence-electron chi connectivity index (χ1n) is 4.82. The standard InChI is InChI=1S/C10H12ClNO3/c11-7-3-9(8(13)4-12)15-10(7)6-1-2-14-5-6/h3,6H,1-2,4-5,12H2. The summed E-state index contributed by atoms with van der Waals surface area (Å²) >= 11 is 5.98. The molecule has 1 aliphatic rings. The van der Waals surface area contributed by atoms with Crippen molar-refractivity contribution < 1.29 is 13.9 Å². The molecule has 2 heterocycles. The Kier molecular flexibility index (Phi) is 3.09. The van der Waals surface area contributed by atoms with Crippen LogP contribution in [0.15, 0.2) is 10.5 Å². The van der Waals surface area contributed by atoms with Crippen LogP contribution in [0.1, 0.15) is 28.7 Å². The van der Waals surface area contributed by atoms with Crippen molar-refractivity contribution >= 4 is 17.4 Å². The first-order valence-corrected chi connectivity index (χ1v) is 5.20. The Morgan fingerprint density at radius 3 is 3.07 bits per heavy atom. The van der Waals surface area contributed by atoms with Crippen LogP contribution >= 0.6 is 11.6 Å². The van der Waals surface area contributed by atoms with E-state index in [1.165, 1.54) is 6.07 Å². The number of Topliss-reactive ketones (excluding diaryl/α,β-unsaturated/α-hetero) is 1. The largest absolute Gasteiger partial charge is 0.456 e. The molecule has 1 unspecified atom stereocenters. The Bertz CT molecular complexity index is 369. The van der Waals surface area contributed by atoms with Crippen LogP contribution in [0.3, 0.4) is 0 Å². The first kappa shape index (κ1) is 10.7. The van der Waals surface area contributed by atoms with Crippen LogP contribution in [0, 0.1) is 0 Å². The highest BCUT2D eigenvalue weighted by molar-refractivity contribution is 6.31. The van der Waals surface area contributed by atoms with E-state index in [1.807, 2.05) is 0 Å². The molecular weight excluding hydrogens is 218 g/mol. The monoisotopic (exact) mass is 229 g/mol. The fraction of sp³-hybridized carbons (Fsp3) is 0.500. The predicted molar refractivity (Wildman–Crippen MR) is 55.3 cm³/mol. The van der Waals surface area contributed by atoms with Crippen LogP contribution in [0.2, 0.25) is 5.02 Å². The maximum atomic E-state index is 11.3. The molecule has 2 N–H and O–H groups in total. The van der Waals surface area contributed by atoms with Crippen LogP contribution in [-0.4, -0.2) is 25.5 Å². The number of furan rings is 1. The number of hydrogen-bond donors (Lipinski definition) is 1. The summed E-state index contributed by atoms with van der Waals surface area (Å²) in [7, 11) is 0. The zero-order valence-electron chi connectivity index (χ0n) is 8.16. The molecule has 0 spiro atoms. The highest BCUT2D eigenvalue weighted by Crippen LogP contribution is 2.33. The first-order chi connectivity index (χ1) is 7.22. The summed E-state index contributed by atoms with van der Waals surface area (Å²) in [6.45, 7) is 1.25. The number of carbonyl (C=O) groups is 1. The molecule has 2 rings (SSSR count). The second kappa shape index (κ2) is 4.35. The van der Waals surface area contributed by atoms with Crippen molar-refractivity contribution in [3.05, 3.63) is 22.6 Å². The van der Waals surface area contributed by atoms with E-state index >= 15 is 0 Å². The normalized spacial score (nSPS) is 20.8. The summed E-state index contributed by atoms with van der Waals surface area (Å²) in [6.07, 6.45) is 0.878. The van der Waals surface area contributed by atoms with Crippen LogP contribution in [-0.2, 0) is 4.74 Å². The lowest BCUT2D eigenvalue weighted by molar-refractivity contribution is 0.0972. The lowest BCUT2D eigenvalue weighted by Gasteiger charge is -2.03. The summed E-state index contributed by atoms with van der Waals surface area (Å²) < 4.78 is 10.6. The molecule has 0 saturated carbocycles. The molecule has 0 bridgehead atoms. The SMILES string of the molecule is NCC(=O)c1cc(Cl)c(C2CCOC2)o1. The maximum absolute atomic E-state index is 11.3. The van der Waals surface area contributed by atoms with Crippen molar-refractivity contribution in [2.45, 2.75) is 12.3 Å². The fourth-order valence-corrected chi connectivity index (χ4v) is 1.93.